The normalized spacial score (nSPS) is 13.4. The lowest BCUT2D eigenvalue weighted by molar-refractivity contribution is -0.121. The number of nitrogens with one attached hydrogen (secondary N) is 2. The molecular formula is C16H23N3O. The molecule has 1 rings (SSSR count). The Labute approximate surface area is 121 Å². The predicted molar refractivity (Wildman–Crippen MR) is 81.4 cm³/mol. The number of nitrogens with zero attached hydrogens (tertiary/aromatic N) is 1. The van der Waals surface area contributed by atoms with Crippen molar-refractivity contribution < 1.29 is 4.79 Å². The third kappa shape index (κ3) is 4.27. The maximum absolute atomic E-state index is 11.9. The quantitative estimate of drug-likeness (QED) is 0.867. The second-order valence-electron chi connectivity index (χ2n) is 5.75. The standard InChI is InChI=1S/C16H23N3O/c1-11(2)16(5,10-17)19-15(20)9-18-14-7-12(3)6-13(4)8-14/h6-8,11,18H,9H2,1-5H3,(H,19,20)/t16-/m0/s1. The molecule has 1 atom stereocenters. The van der Waals surface area contributed by atoms with Gasteiger partial charge in [0.25, 0.3) is 0 Å². The topological polar surface area (TPSA) is 64.9 Å². The lowest BCUT2D eigenvalue weighted by Crippen LogP contribution is -2.50. The van der Waals surface area contributed by atoms with Gasteiger partial charge in [-0.25, -0.2) is 0 Å². The average Bonchev–Trinajstić information content (AvgIpc) is 2.35. The first-order valence-corrected chi connectivity index (χ1v) is 6.81. The van der Waals surface area contributed by atoms with Crippen LogP contribution in [0, 0.1) is 31.1 Å². The Morgan fingerprint density at radius 3 is 2.30 bits per heavy atom. The average molecular weight is 273 g/mol. The van der Waals surface area contributed by atoms with Crippen LogP contribution in [0.25, 0.3) is 0 Å². The number of aryl methyl sites for hydroxylation is 2. The largest absolute Gasteiger partial charge is 0.376 e. The molecule has 1 amide bonds. The lowest BCUT2D eigenvalue weighted by Gasteiger charge is -2.27. The Kier molecular flexibility index (Phi) is 5.15. The molecule has 1 aromatic rings. The number of amides is 1. The second-order valence-corrected chi connectivity index (χ2v) is 5.75. The molecule has 108 valence electrons. The molecule has 0 saturated heterocycles. The maximum atomic E-state index is 11.9. The van der Waals surface area contributed by atoms with Gasteiger partial charge < -0.3 is 10.6 Å². The highest BCUT2D eigenvalue weighted by molar-refractivity contribution is 5.81. The third-order valence-corrected chi connectivity index (χ3v) is 3.46. The molecule has 0 unspecified atom stereocenters. The van der Waals surface area contributed by atoms with Crippen LogP contribution >= 0.6 is 0 Å². The van der Waals surface area contributed by atoms with E-state index in [0.717, 1.165) is 16.8 Å². The van der Waals surface area contributed by atoms with E-state index in [1.165, 1.54) is 0 Å². The van der Waals surface area contributed by atoms with Crippen molar-refractivity contribution in [3.63, 3.8) is 0 Å². The summed E-state index contributed by atoms with van der Waals surface area (Å²) in [4.78, 5) is 11.9. The summed E-state index contributed by atoms with van der Waals surface area (Å²) in [7, 11) is 0. The first-order chi connectivity index (χ1) is 9.26. The van der Waals surface area contributed by atoms with Crippen LogP contribution in [0.1, 0.15) is 31.9 Å². The van der Waals surface area contributed by atoms with Crippen LogP contribution in [0.5, 0.6) is 0 Å². The zero-order chi connectivity index (χ0) is 15.3. The summed E-state index contributed by atoms with van der Waals surface area (Å²) in [6.45, 7) is 9.77. The minimum atomic E-state index is -0.832. The van der Waals surface area contributed by atoms with E-state index in [1.807, 2.05) is 39.8 Å². The summed E-state index contributed by atoms with van der Waals surface area (Å²) in [6, 6.07) is 8.23. The van der Waals surface area contributed by atoms with E-state index >= 15 is 0 Å². The molecule has 0 radical (unpaired) electrons. The summed E-state index contributed by atoms with van der Waals surface area (Å²) in [5.41, 5.74) is 2.39. The van der Waals surface area contributed by atoms with Crippen molar-refractivity contribution >= 4 is 11.6 Å². The van der Waals surface area contributed by atoms with Crippen LogP contribution in [0.2, 0.25) is 0 Å². The molecule has 1 aromatic carbocycles. The summed E-state index contributed by atoms with van der Waals surface area (Å²) in [5.74, 6) is -0.125. The highest BCUT2D eigenvalue weighted by Crippen LogP contribution is 2.16. The van der Waals surface area contributed by atoms with E-state index in [-0.39, 0.29) is 18.4 Å². The number of carbonyl (C=O) groups is 1. The molecule has 4 heteroatoms. The van der Waals surface area contributed by atoms with Gasteiger partial charge in [0.1, 0.15) is 5.54 Å². The van der Waals surface area contributed by atoms with E-state index < -0.39 is 5.54 Å². The van der Waals surface area contributed by atoms with Gasteiger partial charge in [-0.1, -0.05) is 19.9 Å². The Bertz CT molecular complexity index is 511. The molecule has 0 aliphatic carbocycles. The Morgan fingerprint density at radius 1 is 1.30 bits per heavy atom. The van der Waals surface area contributed by atoms with Gasteiger partial charge >= 0.3 is 0 Å². The fraction of sp³-hybridized carbons (Fsp3) is 0.500. The molecule has 0 aliphatic rings. The van der Waals surface area contributed by atoms with Gasteiger partial charge in [0.2, 0.25) is 5.91 Å². The number of hydrogen-bond acceptors (Lipinski definition) is 3. The highest BCUT2D eigenvalue weighted by atomic mass is 16.2. The van der Waals surface area contributed by atoms with Crippen molar-refractivity contribution in [1.29, 1.82) is 5.26 Å². The van der Waals surface area contributed by atoms with Gasteiger partial charge in [-0.3, -0.25) is 4.79 Å². The zero-order valence-electron chi connectivity index (χ0n) is 12.9. The first kappa shape index (κ1) is 16.0. The van der Waals surface area contributed by atoms with E-state index in [9.17, 15) is 10.1 Å². The van der Waals surface area contributed by atoms with Crippen LogP contribution in [0.15, 0.2) is 18.2 Å². The van der Waals surface area contributed by atoms with Gasteiger partial charge in [0.05, 0.1) is 12.6 Å². The predicted octanol–water partition coefficient (Wildman–Crippen LogP) is 2.77. The summed E-state index contributed by atoms with van der Waals surface area (Å²) in [5, 5.41) is 15.0. The Hall–Kier alpha value is -2.02. The molecule has 0 aromatic heterocycles. The minimum absolute atomic E-state index is 0.0534. The third-order valence-electron chi connectivity index (χ3n) is 3.46. The van der Waals surface area contributed by atoms with Crippen LogP contribution in [0.3, 0.4) is 0 Å². The van der Waals surface area contributed by atoms with Crippen molar-refractivity contribution in [3.8, 4) is 6.07 Å². The van der Waals surface area contributed by atoms with Crippen molar-refractivity contribution in [2.24, 2.45) is 5.92 Å². The minimum Gasteiger partial charge on any atom is -0.376 e. The lowest BCUT2D eigenvalue weighted by atomic mass is 9.90. The van der Waals surface area contributed by atoms with Gasteiger partial charge in [0, 0.05) is 5.69 Å². The van der Waals surface area contributed by atoms with Crippen LogP contribution in [0.4, 0.5) is 5.69 Å². The number of benzene rings is 1. The monoisotopic (exact) mass is 273 g/mol. The zero-order valence-corrected chi connectivity index (χ0v) is 12.9. The van der Waals surface area contributed by atoms with E-state index in [2.05, 4.69) is 22.8 Å². The van der Waals surface area contributed by atoms with Crippen LogP contribution in [-0.2, 0) is 4.79 Å². The summed E-state index contributed by atoms with van der Waals surface area (Å²) in [6.07, 6.45) is 0. The molecule has 0 aliphatic heterocycles. The van der Waals surface area contributed by atoms with Crippen molar-refractivity contribution in [1.82, 2.24) is 5.32 Å². The van der Waals surface area contributed by atoms with E-state index in [1.54, 1.807) is 6.92 Å². The first-order valence-electron chi connectivity index (χ1n) is 6.81. The Morgan fingerprint density at radius 2 is 1.85 bits per heavy atom. The molecule has 0 heterocycles. The maximum Gasteiger partial charge on any atom is 0.240 e. The van der Waals surface area contributed by atoms with Crippen LogP contribution < -0.4 is 10.6 Å². The number of carbonyl (C=O) groups excluding carboxylic acids is 1. The molecular weight excluding hydrogens is 250 g/mol. The Balaban J connectivity index is 2.62. The fourth-order valence-electron chi connectivity index (χ4n) is 1.89. The van der Waals surface area contributed by atoms with Crippen molar-refractivity contribution in [2.45, 2.75) is 40.2 Å². The summed E-state index contributed by atoms with van der Waals surface area (Å²) < 4.78 is 0. The van der Waals surface area contributed by atoms with E-state index in [4.69, 9.17) is 0 Å². The number of anilines is 1. The number of nitriles is 1. The molecule has 0 saturated carbocycles. The molecule has 0 fully saturated rings. The second kappa shape index (κ2) is 6.42. The van der Waals surface area contributed by atoms with Gasteiger partial charge in [-0.2, -0.15) is 5.26 Å². The molecule has 2 N–H and O–H groups in total. The fourth-order valence-corrected chi connectivity index (χ4v) is 1.89. The smallest absolute Gasteiger partial charge is 0.240 e. The van der Waals surface area contributed by atoms with Crippen molar-refractivity contribution in [2.75, 3.05) is 11.9 Å². The van der Waals surface area contributed by atoms with E-state index in [0.29, 0.717) is 0 Å². The van der Waals surface area contributed by atoms with Gasteiger partial charge in [-0.15, -0.1) is 0 Å². The molecule has 20 heavy (non-hydrogen) atoms. The number of rotatable bonds is 5. The van der Waals surface area contributed by atoms with Gasteiger partial charge in [0.15, 0.2) is 0 Å². The van der Waals surface area contributed by atoms with Crippen LogP contribution in [-0.4, -0.2) is 18.0 Å². The summed E-state index contributed by atoms with van der Waals surface area (Å²) >= 11 is 0. The molecule has 4 nitrogen and oxygen atoms in total. The molecule has 0 bridgehead atoms. The molecule has 0 spiro atoms. The van der Waals surface area contributed by atoms with Crippen molar-refractivity contribution in [3.05, 3.63) is 29.3 Å². The SMILES string of the molecule is Cc1cc(C)cc(NCC(=O)N[C@@](C)(C#N)C(C)C)c1. The van der Waals surface area contributed by atoms with Gasteiger partial charge in [-0.05, 0) is 49.9 Å². The highest BCUT2D eigenvalue weighted by Gasteiger charge is 2.29. The number of hydrogen-bond donors (Lipinski definition) is 2.